The third kappa shape index (κ3) is 2.00. The second-order valence-corrected chi connectivity index (χ2v) is 2.92. The second-order valence-electron chi connectivity index (χ2n) is 2.92. The van der Waals surface area contributed by atoms with E-state index in [1.165, 1.54) is 5.56 Å². The molecule has 0 fully saturated rings. The summed E-state index contributed by atoms with van der Waals surface area (Å²) in [5, 5.41) is 8.23. The van der Waals surface area contributed by atoms with Crippen molar-refractivity contribution in [3.8, 4) is 12.0 Å². The molecule has 0 spiro atoms. The predicted molar refractivity (Wildman–Crippen MR) is 46.8 cm³/mol. The van der Waals surface area contributed by atoms with Crippen LogP contribution in [0.15, 0.2) is 24.3 Å². The van der Waals surface area contributed by atoms with Gasteiger partial charge in [-0.15, -0.1) is 5.26 Å². The summed E-state index contributed by atoms with van der Waals surface area (Å²) in [6.45, 7) is 4.25. The van der Waals surface area contributed by atoms with Gasteiger partial charge < -0.3 is 4.74 Å². The molecule has 0 atom stereocenters. The van der Waals surface area contributed by atoms with E-state index in [0.29, 0.717) is 11.7 Å². The summed E-state index contributed by atoms with van der Waals surface area (Å²) in [7, 11) is 0. The quantitative estimate of drug-likeness (QED) is 0.625. The minimum Gasteiger partial charge on any atom is -0.388 e. The standard InChI is InChI=1S/C10H11NO/c1-8(2)9-3-5-10(6-4-9)12-7-11/h3-6,8H,1-2H3. The summed E-state index contributed by atoms with van der Waals surface area (Å²) in [5.74, 6) is 1.11. The SMILES string of the molecule is CC(C)c1ccc(OC#N)cc1. The van der Waals surface area contributed by atoms with Crippen LogP contribution in [0.3, 0.4) is 0 Å². The molecular formula is C10H11NO. The number of rotatable bonds is 2. The van der Waals surface area contributed by atoms with Crippen LogP contribution in [0.4, 0.5) is 0 Å². The number of hydrogen-bond acceptors (Lipinski definition) is 2. The molecule has 1 aromatic carbocycles. The fourth-order valence-electron chi connectivity index (χ4n) is 0.973. The molecule has 1 aromatic rings. The van der Waals surface area contributed by atoms with E-state index in [2.05, 4.69) is 18.6 Å². The highest BCUT2D eigenvalue weighted by Crippen LogP contribution is 2.18. The molecule has 0 bridgehead atoms. The van der Waals surface area contributed by atoms with Crippen LogP contribution in [0, 0.1) is 11.5 Å². The van der Waals surface area contributed by atoms with E-state index in [1.807, 2.05) is 12.1 Å². The molecule has 0 aromatic heterocycles. The monoisotopic (exact) mass is 161 g/mol. The average Bonchev–Trinajstić information content (AvgIpc) is 2.06. The van der Waals surface area contributed by atoms with Crippen molar-refractivity contribution in [1.82, 2.24) is 0 Å². The predicted octanol–water partition coefficient (Wildman–Crippen LogP) is 2.67. The Bertz CT molecular complexity index is 282. The molecule has 0 amide bonds. The fraction of sp³-hybridized carbons (Fsp3) is 0.300. The first-order chi connectivity index (χ1) is 5.74. The van der Waals surface area contributed by atoms with E-state index in [1.54, 1.807) is 18.4 Å². The Kier molecular flexibility index (Phi) is 2.71. The maximum atomic E-state index is 8.23. The zero-order valence-corrected chi connectivity index (χ0v) is 7.24. The normalized spacial score (nSPS) is 9.50. The molecule has 62 valence electrons. The van der Waals surface area contributed by atoms with Crippen LogP contribution >= 0.6 is 0 Å². The first kappa shape index (κ1) is 8.61. The maximum absolute atomic E-state index is 8.23. The van der Waals surface area contributed by atoms with E-state index in [9.17, 15) is 0 Å². The van der Waals surface area contributed by atoms with Gasteiger partial charge in [0.25, 0.3) is 6.26 Å². The lowest BCUT2D eigenvalue weighted by atomic mass is 10.0. The number of nitrogens with zero attached hydrogens (tertiary/aromatic N) is 1. The van der Waals surface area contributed by atoms with Crippen LogP contribution in [0.1, 0.15) is 25.3 Å². The van der Waals surface area contributed by atoms with E-state index >= 15 is 0 Å². The molecular weight excluding hydrogens is 150 g/mol. The van der Waals surface area contributed by atoms with Crippen LogP contribution in [-0.2, 0) is 0 Å². The van der Waals surface area contributed by atoms with Gasteiger partial charge in [-0.2, -0.15) is 0 Å². The minimum absolute atomic E-state index is 0.515. The van der Waals surface area contributed by atoms with Crippen LogP contribution in [0.5, 0.6) is 5.75 Å². The number of ether oxygens (including phenoxy) is 1. The van der Waals surface area contributed by atoms with E-state index in [0.717, 1.165) is 0 Å². The Morgan fingerprint density at radius 2 is 1.83 bits per heavy atom. The molecule has 12 heavy (non-hydrogen) atoms. The van der Waals surface area contributed by atoms with Gasteiger partial charge >= 0.3 is 0 Å². The van der Waals surface area contributed by atoms with Gasteiger partial charge in [0, 0.05) is 0 Å². The largest absolute Gasteiger partial charge is 0.388 e. The lowest BCUT2D eigenvalue weighted by Gasteiger charge is -2.04. The summed E-state index contributed by atoms with van der Waals surface area (Å²) in [5.41, 5.74) is 1.25. The zero-order valence-electron chi connectivity index (χ0n) is 7.24. The number of benzene rings is 1. The van der Waals surface area contributed by atoms with Gasteiger partial charge in [-0.3, -0.25) is 0 Å². The summed E-state index contributed by atoms with van der Waals surface area (Å²) in [6.07, 6.45) is 1.63. The molecule has 0 aliphatic heterocycles. The fourth-order valence-corrected chi connectivity index (χ4v) is 0.973. The van der Waals surface area contributed by atoms with Gasteiger partial charge in [-0.25, -0.2) is 0 Å². The summed E-state index contributed by atoms with van der Waals surface area (Å²) in [4.78, 5) is 0. The first-order valence-electron chi connectivity index (χ1n) is 3.90. The number of hydrogen-bond donors (Lipinski definition) is 0. The Hall–Kier alpha value is -1.49. The summed E-state index contributed by atoms with van der Waals surface area (Å²) >= 11 is 0. The van der Waals surface area contributed by atoms with Gasteiger partial charge in [0.2, 0.25) is 0 Å². The van der Waals surface area contributed by atoms with E-state index < -0.39 is 0 Å². The Morgan fingerprint density at radius 3 is 2.25 bits per heavy atom. The highest BCUT2D eigenvalue weighted by atomic mass is 16.5. The van der Waals surface area contributed by atoms with Gasteiger partial charge in [-0.1, -0.05) is 26.0 Å². The molecule has 0 radical (unpaired) electrons. The van der Waals surface area contributed by atoms with E-state index in [4.69, 9.17) is 5.26 Å². The summed E-state index contributed by atoms with van der Waals surface area (Å²) in [6, 6.07) is 7.55. The third-order valence-corrected chi connectivity index (χ3v) is 1.71. The Balaban J connectivity index is 2.80. The van der Waals surface area contributed by atoms with Gasteiger partial charge in [0.15, 0.2) is 0 Å². The van der Waals surface area contributed by atoms with Crippen molar-refractivity contribution in [2.75, 3.05) is 0 Å². The van der Waals surface area contributed by atoms with Crippen molar-refractivity contribution in [2.24, 2.45) is 0 Å². The molecule has 0 saturated heterocycles. The Labute approximate surface area is 72.4 Å². The van der Waals surface area contributed by atoms with Gasteiger partial charge in [0.1, 0.15) is 5.75 Å². The molecule has 2 heteroatoms. The highest BCUT2D eigenvalue weighted by Gasteiger charge is 1.98. The molecule has 1 rings (SSSR count). The smallest absolute Gasteiger partial charge is 0.292 e. The van der Waals surface area contributed by atoms with Crippen LogP contribution in [0.25, 0.3) is 0 Å². The van der Waals surface area contributed by atoms with Gasteiger partial charge in [0.05, 0.1) is 0 Å². The van der Waals surface area contributed by atoms with Gasteiger partial charge in [-0.05, 0) is 23.6 Å². The molecule has 0 N–H and O–H groups in total. The molecule has 0 heterocycles. The van der Waals surface area contributed by atoms with Crippen molar-refractivity contribution in [1.29, 1.82) is 5.26 Å². The minimum atomic E-state index is 0.515. The number of nitriles is 1. The lowest BCUT2D eigenvalue weighted by Crippen LogP contribution is -1.87. The second kappa shape index (κ2) is 3.77. The third-order valence-electron chi connectivity index (χ3n) is 1.71. The lowest BCUT2D eigenvalue weighted by molar-refractivity contribution is 0.507. The van der Waals surface area contributed by atoms with Crippen molar-refractivity contribution in [2.45, 2.75) is 19.8 Å². The molecule has 0 aliphatic rings. The van der Waals surface area contributed by atoms with Crippen LogP contribution < -0.4 is 4.74 Å². The topological polar surface area (TPSA) is 33.0 Å². The summed E-state index contributed by atoms with van der Waals surface area (Å²) < 4.78 is 4.65. The van der Waals surface area contributed by atoms with Crippen LogP contribution in [-0.4, -0.2) is 0 Å². The van der Waals surface area contributed by atoms with Crippen molar-refractivity contribution in [3.63, 3.8) is 0 Å². The Morgan fingerprint density at radius 1 is 1.25 bits per heavy atom. The maximum Gasteiger partial charge on any atom is 0.292 e. The van der Waals surface area contributed by atoms with Crippen molar-refractivity contribution in [3.05, 3.63) is 29.8 Å². The highest BCUT2D eigenvalue weighted by molar-refractivity contribution is 5.29. The average molecular weight is 161 g/mol. The molecule has 0 aliphatic carbocycles. The van der Waals surface area contributed by atoms with Crippen molar-refractivity contribution >= 4 is 0 Å². The molecule has 0 unspecified atom stereocenters. The van der Waals surface area contributed by atoms with E-state index in [-0.39, 0.29) is 0 Å². The molecule has 0 saturated carbocycles. The van der Waals surface area contributed by atoms with Crippen LogP contribution in [0.2, 0.25) is 0 Å². The zero-order chi connectivity index (χ0) is 8.97. The first-order valence-corrected chi connectivity index (χ1v) is 3.90. The van der Waals surface area contributed by atoms with Crippen molar-refractivity contribution < 1.29 is 4.74 Å². The molecule has 2 nitrogen and oxygen atoms in total.